The summed E-state index contributed by atoms with van der Waals surface area (Å²) in [5.41, 5.74) is -0.600. The van der Waals surface area contributed by atoms with Crippen molar-refractivity contribution in [2.45, 2.75) is 43.5 Å². The van der Waals surface area contributed by atoms with Gasteiger partial charge in [0.15, 0.2) is 5.75 Å². The van der Waals surface area contributed by atoms with Gasteiger partial charge in [0.05, 0.1) is 23.8 Å². The van der Waals surface area contributed by atoms with Gasteiger partial charge in [-0.3, -0.25) is 4.55 Å². The zero-order valence-electron chi connectivity index (χ0n) is 23.8. The lowest BCUT2D eigenvalue weighted by atomic mass is 9.85. The van der Waals surface area contributed by atoms with Crippen molar-refractivity contribution in [3.05, 3.63) is 47.7 Å². The molecular weight excluding hydrogens is 1460 g/mol. The quantitative estimate of drug-likeness (QED) is 0.0359. The van der Waals surface area contributed by atoms with Crippen LogP contribution in [0.2, 0.25) is 0 Å². The Kier molecular flexibility index (Phi) is 14.2. The second-order valence-electron chi connectivity index (χ2n) is 10.8. The van der Waals surface area contributed by atoms with Crippen LogP contribution in [0.25, 0.3) is 0 Å². The van der Waals surface area contributed by atoms with Crippen molar-refractivity contribution >= 4 is 192 Å². The third kappa shape index (κ3) is 8.61. The van der Waals surface area contributed by atoms with Gasteiger partial charge in [0.2, 0.25) is 0 Å². The highest BCUT2D eigenvalue weighted by molar-refractivity contribution is 14.1. The van der Waals surface area contributed by atoms with Crippen LogP contribution in [-0.2, 0) is 29.1 Å². The minimum absolute atomic E-state index is 0.00784. The highest BCUT2D eigenvalue weighted by Gasteiger charge is 2.54. The van der Waals surface area contributed by atoms with E-state index in [1.165, 1.54) is 6.07 Å². The van der Waals surface area contributed by atoms with Crippen LogP contribution in [0.4, 0.5) is 8.78 Å². The SMILES string of the molecule is CC1(OC(=O)c2c(I)c(I)c(I)c(I)c2C(=O)Oc2c(I)cc(I)c(C(=O)OCCOC(=O)C(F)(F)S(=O)(=O)O)c2I)CC2CCC1C2. The van der Waals surface area contributed by atoms with Gasteiger partial charge in [0, 0.05) is 17.9 Å². The number of hydrogen-bond donors (Lipinski definition) is 1. The maximum Gasteiger partial charge on any atom is 0.465 e. The molecule has 2 saturated carbocycles. The monoisotopic (exact) mass is 1480 g/mol. The van der Waals surface area contributed by atoms with E-state index in [-0.39, 0.29) is 31.9 Å². The number of rotatable bonds is 10. The second-order valence-corrected chi connectivity index (χ2v) is 20.0. The number of alkyl halides is 2. The number of hydrogen-bond acceptors (Lipinski definition) is 10. The Bertz CT molecular complexity index is 1840. The first kappa shape index (κ1) is 41.9. The molecule has 48 heavy (non-hydrogen) atoms. The van der Waals surface area contributed by atoms with E-state index in [0.717, 1.165) is 32.8 Å². The first-order chi connectivity index (χ1) is 22.1. The van der Waals surface area contributed by atoms with Crippen molar-refractivity contribution in [3.8, 4) is 5.75 Å². The van der Waals surface area contributed by atoms with E-state index in [1.807, 2.05) is 97.3 Å². The predicted molar refractivity (Wildman–Crippen MR) is 224 cm³/mol. The number of ether oxygens (including phenoxy) is 4. The molecule has 0 amide bonds. The third-order valence-electron chi connectivity index (χ3n) is 7.74. The van der Waals surface area contributed by atoms with Gasteiger partial charge in [-0.1, -0.05) is 0 Å². The summed E-state index contributed by atoms with van der Waals surface area (Å²) in [7, 11) is -6.06. The molecule has 2 fully saturated rings. The summed E-state index contributed by atoms with van der Waals surface area (Å²) >= 11 is 13.8. The molecule has 262 valence electrons. The van der Waals surface area contributed by atoms with Crippen LogP contribution in [-0.4, -0.2) is 60.9 Å². The summed E-state index contributed by atoms with van der Waals surface area (Å²) in [5, 5.41) is -5.20. The summed E-state index contributed by atoms with van der Waals surface area (Å²) in [6.07, 6.45) is 3.85. The van der Waals surface area contributed by atoms with Gasteiger partial charge in [0.1, 0.15) is 18.8 Å². The molecular formula is C27H19F2I7O11S. The largest absolute Gasteiger partial charge is 0.465 e. The highest BCUT2D eigenvalue weighted by Crippen LogP contribution is 2.53. The van der Waals surface area contributed by atoms with Gasteiger partial charge in [-0.15, -0.1) is 0 Å². The Balaban J connectivity index is 1.59. The molecule has 2 bridgehead atoms. The van der Waals surface area contributed by atoms with Crippen molar-refractivity contribution in [1.29, 1.82) is 0 Å². The van der Waals surface area contributed by atoms with Crippen LogP contribution in [0.1, 0.15) is 63.7 Å². The molecule has 0 heterocycles. The molecule has 11 nitrogen and oxygen atoms in total. The van der Waals surface area contributed by atoms with Crippen LogP contribution in [0.15, 0.2) is 6.07 Å². The number of halogens is 9. The molecule has 0 spiro atoms. The van der Waals surface area contributed by atoms with Crippen LogP contribution < -0.4 is 4.74 Å². The maximum absolute atomic E-state index is 14.0. The minimum atomic E-state index is -6.06. The van der Waals surface area contributed by atoms with E-state index >= 15 is 0 Å². The molecule has 3 unspecified atom stereocenters. The maximum atomic E-state index is 14.0. The Morgan fingerprint density at radius 3 is 1.92 bits per heavy atom. The lowest BCUT2D eigenvalue weighted by Crippen LogP contribution is -2.39. The summed E-state index contributed by atoms with van der Waals surface area (Å²) in [5.74, 6) is -4.28. The van der Waals surface area contributed by atoms with E-state index < -0.39 is 58.1 Å². The Hall–Kier alpha value is 1.20. The lowest BCUT2D eigenvalue weighted by molar-refractivity contribution is -0.162. The average Bonchev–Trinajstić information content (AvgIpc) is 3.57. The molecule has 2 aromatic carbocycles. The number of carbonyl (C=O) groups excluding carboxylic acids is 4. The fourth-order valence-corrected chi connectivity index (χ4v) is 13.4. The minimum Gasteiger partial charge on any atom is -0.458 e. The molecule has 3 atom stereocenters. The van der Waals surface area contributed by atoms with Gasteiger partial charge in [-0.05, 0) is 209 Å². The van der Waals surface area contributed by atoms with Crippen LogP contribution >= 0.6 is 158 Å². The van der Waals surface area contributed by atoms with E-state index in [2.05, 4.69) is 49.9 Å². The Labute approximate surface area is 368 Å². The fraction of sp³-hybridized carbons (Fsp3) is 0.407. The first-order valence-corrected chi connectivity index (χ1v) is 22.3. The number of benzene rings is 2. The number of fused-ring (bicyclic) bond motifs is 2. The number of carbonyl (C=O) groups is 4. The molecule has 2 aliphatic rings. The van der Waals surface area contributed by atoms with Crippen LogP contribution in [0.3, 0.4) is 0 Å². The molecule has 21 heteroatoms. The fourth-order valence-electron chi connectivity index (χ4n) is 5.48. The lowest BCUT2D eigenvalue weighted by Gasteiger charge is -2.34. The van der Waals surface area contributed by atoms with Crippen molar-refractivity contribution in [1.82, 2.24) is 0 Å². The van der Waals surface area contributed by atoms with Gasteiger partial charge in [0.25, 0.3) is 0 Å². The molecule has 2 aliphatic carbocycles. The normalized spacial score (nSPS) is 20.4. The highest BCUT2D eigenvalue weighted by atomic mass is 127. The molecule has 4 rings (SSSR count). The van der Waals surface area contributed by atoms with Gasteiger partial charge >= 0.3 is 39.2 Å². The summed E-state index contributed by atoms with van der Waals surface area (Å²) in [4.78, 5) is 52.2. The van der Waals surface area contributed by atoms with E-state index in [0.29, 0.717) is 20.2 Å². The number of esters is 4. The molecule has 0 radical (unpaired) electrons. The zero-order valence-corrected chi connectivity index (χ0v) is 39.7. The second kappa shape index (κ2) is 16.3. The first-order valence-electron chi connectivity index (χ1n) is 13.3. The molecule has 0 aromatic heterocycles. The van der Waals surface area contributed by atoms with E-state index in [4.69, 9.17) is 18.8 Å². The van der Waals surface area contributed by atoms with E-state index in [9.17, 15) is 36.4 Å². The van der Waals surface area contributed by atoms with Gasteiger partial charge in [-0.25, -0.2) is 19.2 Å². The Morgan fingerprint density at radius 2 is 1.40 bits per heavy atom. The smallest absolute Gasteiger partial charge is 0.458 e. The van der Waals surface area contributed by atoms with Crippen LogP contribution in [0, 0.1) is 36.8 Å². The molecule has 0 saturated heterocycles. The third-order valence-corrected chi connectivity index (χ3v) is 18.6. The zero-order chi connectivity index (χ0) is 36.1. The molecule has 0 aliphatic heterocycles. The summed E-state index contributed by atoms with van der Waals surface area (Å²) in [6, 6.07) is 1.53. The van der Waals surface area contributed by atoms with Crippen molar-refractivity contribution in [2.75, 3.05) is 13.2 Å². The van der Waals surface area contributed by atoms with E-state index in [1.54, 1.807) is 22.6 Å². The van der Waals surface area contributed by atoms with Crippen molar-refractivity contribution < 1.29 is 59.9 Å². The standard InChI is InChI=1S/C27H19F2I7O11S/c1-26(8-9-2-3-10(26)6-9)47-24(39)15-14(16(32)19(35)20(36)17(15)33)23(38)46-21-12(31)7-11(30)13(18(21)34)22(37)44-4-5-45-25(40)27(28,29)48(41,42)43/h7,9-10H,2-6,8H2,1H3,(H,41,42,43). The van der Waals surface area contributed by atoms with Gasteiger partial charge < -0.3 is 18.9 Å². The van der Waals surface area contributed by atoms with Crippen molar-refractivity contribution in [3.63, 3.8) is 0 Å². The predicted octanol–water partition coefficient (Wildman–Crippen LogP) is 8.05. The Morgan fingerprint density at radius 1 is 0.833 bits per heavy atom. The summed E-state index contributed by atoms with van der Waals surface area (Å²) in [6.45, 7) is 0.248. The molecule has 2 aromatic rings. The average molecular weight is 1480 g/mol. The molecule has 1 N–H and O–H groups in total. The van der Waals surface area contributed by atoms with Gasteiger partial charge in [-0.2, -0.15) is 17.2 Å². The van der Waals surface area contributed by atoms with Crippen molar-refractivity contribution in [2.24, 2.45) is 11.8 Å². The summed E-state index contributed by atoms with van der Waals surface area (Å²) < 4.78 is 81.4. The topological polar surface area (TPSA) is 160 Å². The van der Waals surface area contributed by atoms with Crippen LogP contribution in [0.5, 0.6) is 5.75 Å².